The highest BCUT2D eigenvalue weighted by Gasteiger charge is 2.37. The molecule has 1 fully saturated rings. The molecule has 1 aliphatic rings. The zero-order valence-electron chi connectivity index (χ0n) is 18.3. The molecule has 32 heavy (non-hydrogen) atoms. The summed E-state index contributed by atoms with van der Waals surface area (Å²) in [6.07, 6.45) is 0. The minimum atomic E-state index is -4.00. The smallest absolute Gasteiger partial charge is 0.261 e. The van der Waals surface area contributed by atoms with Gasteiger partial charge < -0.3 is 10.2 Å². The third kappa shape index (κ3) is 5.60. The van der Waals surface area contributed by atoms with Crippen molar-refractivity contribution in [1.29, 1.82) is 0 Å². The Kier molecular flexibility index (Phi) is 6.85. The fourth-order valence-electron chi connectivity index (χ4n) is 3.20. The van der Waals surface area contributed by atoms with Crippen molar-refractivity contribution in [1.82, 2.24) is 10.2 Å². The highest BCUT2D eigenvalue weighted by atomic mass is 32.2. The molecule has 2 aromatic rings. The Hall–Kier alpha value is -2.59. The largest absolute Gasteiger partial charge is 0.350 e. The molecule has 1 atom stereocenters. The van der Waals surface area contributed by atoms with E-state index >= 15 is 0 Å². The van der Waals surface area contributed by atoms with Crippen molar-refractivity contribution in [3.63, 3.8) is 0 Å². The number of halogens is 1. The number of carbonyl (C=O) groups is 2. The average Bonchev–Trinajstić information content (AvgIpc) is 3.18. The van der Waals surface area contributed by atoms with Gasteiger partial charge in [-0.15, -0.1) is 11.8 Å². The van der Waals surface area contributed by atoms with E-state index in [1.807, 2.05) is 20.8 Å². The van der Waals surface area contributed by atoms with Crippen LogP contribution < -0.4 is 10.0 Å². The van der Waals surface area contributed by atoms with Crippen LogP contribution >= 0.6 is 11.8 Å². The van der Waals surface area contributed by atoms with Crippen LogP contribution in [-0.4, -0.2) is 48.3 Å². The SMILES string of the molecule is Cc1ccc(S(=O)(=O)Nc2ccc(F)cc2)cc1C(=O)N1CSCC1C(=O)NC(C)(C)C. The van der Waals surface area contributed by atoms with E-state index in [1.165, 1.54) is 40.9 Å². The van der Waals surface area contributed by atoms with Crippen LogP contribution in [0.4, 0.5) is 10.1 Å². The number of carbonyl (C=O) groups excluding carboxylic acids is 2. The molecule has 1 heterocycles. The number of aryl methyl sites for hydroxylation is 1. The Morgan fingerprint density at radius 1 is 1.12 bits per heavy atom. The lowest BCUT2D eigenvalue weighted by atomic mass is 10.1. The van der Waals surface area contributed by atoms with Gasteiger partial charge in [-0.3, -0.25) is 14.3 Å². The van der Waals surface area contributed by atoms with Crippen LogP contribution in [0.2, 0.25) is 0 Å². The summed E-state index contributed by atoms with van der Waals surface area (Å²) in [6.45, 7) is 7.31. The molecule has 0 aromatic heterocycles. The van der Waals surface area contributed by atoms with Gasteiger partial charge >= 0.3 is 0 Å². The molecule has 1 saturated heterocycles. The molecule has 1 aliphatic heterocycles. The number of sulfonamides is 1. The molecule has 0 spiro atoms. The zero-order chi connectivity index (χ0) is 23.7. The molecule has 0 saturated carbocycles. The van der Waals surface area contributed by atoms with Crippen LogP contribution in [0.3, 0.4) is 0 Å². The lowest BCUT2D eigenvalue weighted by Gasteiger charge is -2.28. The van der Waals surface area contributed by atoms with E-state index in [1.54, 1.807) is 13.0 Å². The van der Waals surface area contributed by atoms with E-state index in [9.17, 15) is 22.4 Å². The van der Waals surface area contributed by atoms with Crippen molar-refractivity contribution in [2.75, 3.05) is 16.4 Å². The normalized spacial score (nSPS) is 16.7. The molecule has 2 amide bonds. The van der Waals surface area contributed by atoms with Gasteiger partial charge in [0.15, 0.2) is 0 Å². The number of hydrogen-bond donors (Lipinski definition) is 2. The summed E-state index contributed by atoms with van der Waals surface area (Å²) in [4.78, 5) is 27.4. The van der Waals surface area contributed by atoms with Crippen molar-refractivity contribution < 1.29 is 22.4 Å². The number of rotatable bonds is 5. The number of nitrogens with zero attached hydrogens (tertiary/aromatic N) is 1. The van der Waals surface area contributed by atoms with E-state index in [4.69, 9.17) is 0 Å². The molecule has 3 rings (SSSR count). The van der Waals surface area contributed by atoms with Crippen LogP contribution in [0.25, 0.3) is 0 Å². The summed E-state index contributed by atoms with van der Waals surface area (Å²) >= 11 is 1.47. The van der Waals surface area contributed by atoms with Crippen molar-refractivity contribution >= 4 is 39.3 Å². The minimum absolute atomic E-state index is 0.0988. The fraction of sp³-hybridized carbons (Fsp3) is 0.364. The topological polar surface area (TPSA) is 95.6 Å². The maximum atomic E-state index is 13.3. The number of hydrogen-bond acceptors (Lipinski definition) is 5. The quantitative estimate of drug-likeness (QED) is 0.686. The average molecular weight is 480 g/mol. The monoisotopic (exact) mass is 479 g/mol. The standard InChI is InChI=1S/C22H26FN3O4S2/c1-14-5-10-17(32(29,30)25-16-8-6-15(23)7-9-16)11-18(14)21(28)26-13-31-12-19(26)20(27)24-22(2,3)4/h5-11,19,25H,12-13H2,1-4H3,(H,24,27). The maximum absolute atomic E-state index is 13.3. The highest BCUT2D eigenvalue weighted by Crippen LogP contribution is 2.27. The van der Waals surface area contributed by atoms with Crippen LogP contribution in [0, 0.1) is 12.7 Å². The van der Waals surface area contributed by atoms with E-state index in [-0.39, 0.29) is 22.1 Å². The molecule has 2 aromatic carbocycles. The summed E-state index contributed by atoms with van der Waals surface area (Å²) < 4.78 is 41.1. The number of amides is 2. The van der Waals surface area contributed by atoms with Crippen molar-refractivity contribution in [2.24, 2.45) is 0 Å². The number of benzene rings is 2. The van der Waals surface area contributed by atoms with Crippen molar-refractivity contribution in [3.8, 4) is 0 Å². The van der Waals surface area contributed by atoms with Gasteiger partial charge in [0.1, 0.15) is 11.9 Å². The van der Waals surface area contributed by atoms with Gasteiger partial charge in [-0.2, -0.15) is 0 Å². The van der Waals surface area contributed by atoms with E-state index in [0.29, 0.717) is 17.2 Å². The predicted molar refractivity (Wildman–Crippen MR) is 124 cm³/mol. The third-order valence-corrected chi connectivity index (χ3v) is 7.18. The summed E-state index contributed by atoms with van der Waals surface area (Å²) in [7, 11) is -4.00. The first-order valence-corrected chi connectivity index (χ1v) is 12.6. The molecule has 172 valence electrons. The van der Waals surface area contributed by atoms with Gasteiger partial charge in [0.2, 0.25) is 5.91 Å². The van der Waals surface area contributed by atoms with Gasteiger partial charge in [-0.25, -0.2) is 12.8 Å². The van der Waals surface area contributed by atoms with Crippen molar-refractivity contribution in [3.05, 3.63) is 59.4 Å². The molecular formula is C22H26FN3O4S2. The fourth-order valence-corrected chi connectivity index (χ4v) is 5.44. The molecule has 0 radical (unpaired) electrons. The first-order chi connectivity index (χ1) is 14.9. The summed E-state index contributed by atoms with van der Waals surface area (Å²) in [5.74, 6) is -0.317. The summed E-state index contributed by atoms with van der Waals surface area (Å²) in [5, 5.41) is 2.90. The minimum Gasteiger partial charge on any atom is -0.350 e. The van der Waals surface area contributed by atoms with E-state index < -0.39 is 33.3 Å². The second-order valence-corrected chi connectivity index (χ2v) is 11.3. The Bertz CT molecular complexity index is 1130. The van der Waals surface area contributed by atoms with Crippen LogP contribution in [0.5, 0.6) is 0 Å². The molecule has 10 heteroatoms. The van der Waals surface area contributed by atoms with Crippen LogP contribution in [0.15, 0.2) is 47.4 Å². The molecule has 0 bridgehead atoms. The zero-order valence-corrected chi connectivity index (χ0v) is 19.9. The summed E-state index contributed by atoms with van der Waals surface area (Å²) in [5.41, 5.74) is 0.579. The lowest BCUT2D eigenvalue weighted by Crippen LogP contribution is -2.52. The number of anilines is 1. The first-order valence-electron chi connectivity index (χ1n) is 9.97. The number of thioether (sulfide) groups is 1. The molecule has 7 nitrogen and oxygen atoms in total. The Morgan fingerprint density at radius 2 is 1.78 bits per heavy atom. The van der Waals surface area contributed by atoms with Gasteiger partial charge in [-0.05, 0) is 69.7 Å². The lowest BCUT2D eigenvalue weighted by molar-refractivity contribution is -0.125. The Balaban J connectivity index is 1.86. The van der Waals surface area contributed by atoms with Gasteiger partial charge in [0, 0.05) is 22.5 Å². The Morgan fingerprint density at radius 3 is 2.41 bits per heavy atom. The van der Waals surface area contributed by atoms with Gasteiger partial charge in [0.05, 0.1) is 10.8 Å². The third-order valence-electron chi connectivity index (χ3n) is 4.79. The second-order valence-electron chi connectivity index (χ2n) is 8.62. The maximum Gasteiger partial charge on any atom is 0.261 e. The first kappa shape index (κ1) is 24.1. The van der Waals surface area contributed by atoms with E-state index in [0.717, 1.165) is 12.1 Å². The van der Waals surface area contributed by atoms with Crippen LogP contribution in [-0.2, 0) is 14.8 Å². The molecule has 1 unspecified atom stereocenters. The van der Waals surface area contributed by atoms with Crippen molar-refractivity contribution in [2.45, 2.75) is 44.2 Å². The molecular weight excluding hydrogens is 453 g/mol. The number of nitrogens with one attached hydrogen (secondary N) is 2. The predicted octanol–water partition coefficient (Wildman–Crippen LogP) is 3.36. The van der Waals surface area contributed by atoms with E-state index in [2.05, 4.69) is 10.0 Å². The van der Waals surface area contributed by atoms with Gasteiger partial charge in [-0.1, -0.05) is 6.07 Å². The van der Waals surface area contributed by atoms with Gasteiger partial charge in [0.25, 0.3) is 15.9 Å². The molecule has 2 N–H and O–H groups in total. The Labute approximate surface area is 191 Å². The second kappa shape index (κ2) is 9.11. The molecule has 0 aliphatic carbocycles. The highest BCUT2D eigenvalue weighted by molar-refractivity contribution is 7.99. The van der Waals surface area contributed by atoms with Crippen LogP contribution in [0.1, 0.15) is 36.7 Å². The summed E-state index contributed by atoms with van der Waals surface area (Å²) in [6, 6.07) is 8.56.